The number of hydrogen-bond acceptors (Lipinski definition) is 6. The van der Waals surface area contributed by atoms with Crippen LogP contribution in [0.2, 0.25) is 0 Å². The molecule has 3 N–H and O–H groups in total. The van der Waals surface area contributed by atoms with Crippen LogP contribution in [0.5, 0.6) is 0 Å². The molecule has 2 aromatic rings. The third-order valence-electron chi connectivity index (χ3n) is 5.33. The Hall–Kier alpha value is -3.20. The van der Waals surface area contributed by atoms with Gasteiger partial charge >= 0.3 is 6.18 Å². The molecule has 2 aromatic heterocycles. The Morgan fingerprint density at radius 1 is 1.45 bits per heavy atom. The minimum atomic E-state index is -4.32. The highest BCUT2D eigenvalue weighted by Gasteiger charge is 2.38. The highest BCUT2D eigenvalue weighted by Crippen LogP contribution is 2.37. The fourth-order valence-electron chi connectivity index (χ4n) is 3.85. The smallest absolute Gasteiger partial charge is 0.365 e. The molecule has 12 heteroatoms. The van der Waals surface area contributed by atoms with Crippen LogP contribution in [0.3, 0.4) is 0 Å². The summed E-state index contributed by atoms with van der Waals surface area (Å²) in [7, 11) is 1.39. The SMILES string of the molecule is CN(CC(F)(F)F)C1CCC(n2cc(C(N)=O)c(Nc3ccnc(F)c3)n2)C(C#N)C1. The van der Waals surface area contributed by atoms with Crippen molar-refractivity contribution in [1.29, 1.82) is 5.26 Å². The number of hydrogen-bond donors (Lipinski definition) is 2. The number of primary amides is 1. The molecule has 2 heterocycles. The first-order chi connectivity index (χ1) is 14.6. The second-order valence-electron chi connectivity index (χ2n) is 7.53. The van der Waals surface area contributed by atoms with Crippen LogP contribution in [0.15, 0.2) is 24.5 Å². The summed E-state index contributed by atoms with van der Waals surface area (Å²) >= 11 is 0. The molecule has 8 nitrogen and oxygen atoms in total. The minimum Gasteiger partial charge on any atom is -0.365 e. The zero-order chi connectivity index (χ0) is 22.8. The van der Waals surface area contributed by atoms with E-state index in [1.54, 1.807) is 0 Å². The molecule has 31 heavy (non-hydrogen) atoms. The normalized spacial score (nSPS) is 21.6. The second-order valence-corrected chi connectivity index (χ2v) is 7.53. The van der Waals surface area contributed by atoms with E-state index in [9.17, 15) is 27.6 Å². The summed E-state index contributed by atoms with van der Waals surface area (Å²) in [6.45, 7) is -1.05. The van der Waals surface area contributed by atoms with Gasteiger partial charge in [0.15, 0.2) is 5.82 Å². The monoisotopic (exact) mass is 439 g/mol. The largest absolute Gasteiger partial charge is 0.401 e. The molecule has 0 bridgehead atoms. The molecule has 1 aliphatic carbocycles. The van der Waals surface area contributed by atoms with Crippen molar-refractivity contribution in [2.24, 2.45) is 11.7 Å². The van der Waals surface area contributed by atoms with Gasteiger partial charge in [-0.25, -0.2) is 4.98 Å². The fourth-order valence-corrected chi connectivity index (χ4v) is 3.85. The summed E-state index contributed by atoms with van der Waals surface area (Å²) in [5, 5.41) is 16.8. The van der Waals surface area contributed by atoms with Gasteiger partial charge in [-0.2, -0.15) is 27.9 Å². The number of nitrogens with zero attached hydrogens (tertiary/aromatic N) is 5. The van der Waals surface area contributed by atoms with Crippen LogP contribution in [-0.2, 0) is 0 Å². The predicted molar refractivity (Wildman–Crippen MR) is 103 cm³/mol. The fraction of sp³-hybridized carbons (Fsp3) is 0.474. The Bertz CT molecular complexity index is 984. The number of nitrogens with one attached hydrogen (secondary N) is 1. The van der Waals surface area contributed by atoms with Crippen molar-refractivity contribution in [2.75, 3.05) is 18.9 Å². The van der Waals surface area contributed by atoms with Crippen LogP contribution in [0, 0.1) is 23.2 Å². The van der Waals surface area contributed by atoms with Crippen LogP contribution in [-0.4, -0.2) is 51.4 Å². The van der Waals surface area contributed by atoms with Crippen LogP contribution < -0.4 is 11.1 Å². The van der Waals surface area contributed by atoms with Gasteiger partial charge in [0.05, 0.1) is 24.6 Å². The van der Waals surface area contributed by atoms with Gasteiger partial charge in [0.1, 0.15) is 5.56 Å². The molecule has 3 atom stereocenters. The molecule has 1 fully saturated rings. The van der Waals surface area contributed by atoms with E-state index >= 15 is 0 Å². The summed E-state index contributed by atoms with van der Waals surface area (Å²) in [5.41, 5.74) is 5.78. The van der Waals surface area contributed by atoms with Crippen LogP contribution in [0.4, 0.5) is 29.1 Å². The lowest BCUT2D eigenvalue weighted by Crippen LogP contribution is -2.43. The standard InChI is InChI=1S/C19H21F4N7O/c1-29(10-19(21,22)23)13-2-3-15(11(6-13)8-24)30-9-14(17(25)31)18(28-30)27-12-4-5-26-16(20)7-12/h4-5,7,9,11,13,15H,2-3,6,10H2,1H3,(H2,25,31)(H,26,27,28). The summed E-state index contributed by atoms with van der Waals surface area (Å²) in [4.78, 5) is 16.5. The molecule has 0 aromatic carbocycles. The topological polar surface area (TPSA) is 113 Å². The lowest BCUT2D eigenvalue weighted by Gasteiger charge is -2.37. The average molecular weight is 439 g/mol. The number of aromatic nitrogens is 3. The highest BCUT2D eigenvalue weighted by atomic mass is 19.4. The molecule has 3 unspecified atom stereocenters. The molecule has 0 saturated heterocycles. The molecule has 1 amide bonds. The van der Waals surface area contributed by atoms with E-state index in [1.807, 2.05) is 0 Å². The minimum absolute atomic E-state index is 0.0465. The molecule has 1 aliphatic rings. The second kappa shape index (κ2) is 8.89. The zero-order valence-corrected chi connectivity index (χ0v) is 16.6. The van der Waals surface area contributed by atoms with Crippen molar-refractivity contribution in [3.63, 3.8) is 0 Å². The Morgan fingerprint density at radius 2 is 2.19 bits per heavy atom. The maximum atomic E-state index is 13.3. The third kappa shape index (κ3) is 5.49. The zero-order valence-electron chi connectivity index (χ0n) is 16.6. The Balaban J connectivity index is 1.80. The van der Waals surface area contributed by atoms with E-state index in [0.717, 1.165) is 6.07 Å². The number of carbonyl (C=O) groups excluding carboxylic acids is 1. The number of pyridine rings is 1. The average Bonchev–Trinajstić information content (AvgIpc) is 3.10. The molecule has 0 radical (unpaired) electrons. The van der Waals surface area contributed by atoms with Crippen molar-refractivity contribution >= 4 is 17.4 Å². The highest BCUT2D eigenvalue weighted by molar-refractivity contribution is 5.98. The van der Waals surface area contributed by atoms with E-state index in [4.69, 9.17) is 5.73 Å². The summed E-state index contributed by atoms with van der Waals surface area (Å²) < 4.78 is 52.9. The number of nitriles is 1. The molecule has 0 aliphatic heterocycles. The van der Waals surface area contributed by atoms with Gasteiger partial charge in [-0.15, -0.1) is 0 Å². The van der Waals surface area contributed by atoms with Gasteiger partial charge in [-0.1, -0.05) is 0 Å². The maximum absolute atomic E-state index is 13.3. The predicted octanol–water partition coefficient (Wildman–Crippen LogP) is 2.99. The number of anilines is 2. The first kappa shape index (κ1) is 22.5. The van der Waals surface area contributed by atoms with Gasteiger partial charge in [0.25, 0.3) is 5.91 Å². The molecule has 1 saturated carbocycles. The van der Waals surface area contributed by atoms with E-state index < -0.39 is 42.6 Å². The van der Waals surface area contributed by atoms with Crippen molar-refractivity contribution in [1.82, 2.24) is 19.7 Å². The molecule has 3 rings (SSSR count). The van der Waals surface area contributed by atoms with Gasteiger partial charge in [-0.05, 0) is 32.4 Å². The Kier molecular flexibility index (Phi) is 6.45. The van der Waals surface area contributed by atoms with Crippen LogP contribution in [0.25, 0.3) is 0 Å². The number of halogens is 4. The number of alkyl halides is 3. The van der Waals surface area contributed by atoms with Crippen LogP contribution >= 0.6 is 0 Å². The third-order valence-corrected chi connectivity index (χ3v) is 5.33. The Morgan fingerprint density at radius 3 is 2.81 bits per heavy atom. The van der Waals surface area contributed by atoms with Crippen LogP contribution in [0.1, 0.15) is 35.7 Å². The first-order valence-electron chi connectivity index (χ1n) is 9.51. The van der Waals surface area contributed by atoms with Crippen molar-refractivity contribution in [3.05, 3.63) is 36.0 Å². The lowest BCUT2D eigenvalue weighted by atomic mass is 9.82. The van der Waals surface area contributed by atoms with Gasteiger partial charge in [0, 0.05) is 30.2 Å². The van der Waals surface area contributed by atoms with E-state index in [2.05, 4.69) is 21.5 Å². The van der Waals surface area contributed by atoms with Crippen molar-refractivity contribution in [2.45, 2.75) is 37.5 Å². The number of amides is 1. The van der Waals surface area contributed by atoms with E-state index in [-0.39, 0.29) is 17.8 Å². The number of carbonyl (C=O) groups is 1. The summed E-state index contributed by atoms with van der Waals surface area (Å²) in [5.74, 6) is -2.02. The molecule has 0 spiro atoms. The number of nitrogens with two attached hydrogens (primary N) is 1. The van der Waals surface area contributed by atoms with E-state index in [1.165, 1.54) is 35.1 Å². The summed E-state index contributed by atoms with van der Waals surface area (Å²) in [6.07, 6.45) is -0.620. The Labute approximate surface area is 175 Å². The van der Waals surface area contributed by atoms with E-state index in [0.29, 0.717) is 18.5 Å². The quantitative estimate of drug-likeness (QED) is 0.529. The van der Waals surface area contributed by atoms with Gasteiger partial charge in [0.2, 0.25) is 5.95 Å². The van der Waals surface area contributed by atoms with Gasteiger partial charge in [-0.3, -0.25) is 14.4 Å². The first-order valence-corrected chi connectivity index (χ1v) is 9.51. The molecular weight excluding hydrogens is 418 g/mol. The number of rotatable bonds is 6. The van der Waals surface area contributed by atoms with Gasteiger partial charge < -0.3 is 11.1 Å². The van der Waals surface area contributed by atoms with Crippen molar-refractivity contribution < 1.29 is 22.4 Å². The lowest BCUT2D eigenvalue weighted by molar-refractivity contribution is -0.149. The summed E-state index contributed by atoms with van der Waals surface area (Å²) in [6, 6.07) is 3.91. The maximum Gasteiger partial charge on any atom is 0.401 e. The van der Waals surface area contributed by atoms with Crippen molar-refractivity contribution in [3.8, 4) is 6.07 Å². The molecule has 166 valence electrons. The molecular formula is C19H21F4N7O.